The molecule has 8 heteroatoms. The molecule has 0 aliphatic heterocycles. The summed E-state index contributed by atoms with van der Waals surface area (Å²) in [5, 5.41) is 0. The maximum Gasteiger partial charge on any atom is 0.573 e. The first-order valence-electron chi connectivity index (χ1n) is 8.53. The molecule has 0 N–H and O–H groups in total. The number of carbonyl (C=O) groups is 2. The largest absolute Gasteiger partial charge is 0.573 e. The number of ether oxygens (including phenoxy) is 2. The van der Waals surface area contributed by atoms with E-state index in [4.69, 9.17) is 4.74 Å². The Kier molecular flexibility index (Phi) is 7.03. The van der Waals surface area contributed by atoms with Crippen LogP contribution >= 0.6 is 0 Å². The average molecular weight is 395 g/mol. The molecule has 1 amide bonds. The minimum absolute atomic E-state index is 0.00195. The van der Waals surface area contributed by atoms with Crippen LogP contribution in [0.3, 0.4) is 0 Å². The van der Waals surface area contributed by atoms with Gasteiger partial charge in [-0.05, 0) is 30.3 Å². The molecule has 0 saturated heterocycles. The van der Waals surface area contributed by atoms with Crippen LogP contribution < -0.4 is 9.47 Å². The van der Waals surface area contributed by atoms with E-state index in [1.807, 2.05) is 0 Å². The number of halogens is 3. The summed E-state index contributed by atoms with van der Waals surface area (Å²) in [4.78, 5) is 25.1. The van der Waals surface area contributed by atoms with Crippen LogP contribution in [0.2, 0.25) is 0 Å². The van der Waals surface area contributed by atoms with Crippen LogP contribution in [0, 0.1) is 0 Å². The van der Waals surface area contributed by atoms with Crippen LogP contribution in [0.4, 0.5) is 13.2 Å². The second-order valence-electron chi connectivity index (χ2n) is 6.00. The first-order valence-corrected chi connectivity index (χ1v) is 8.53. The number of amides is 1. The smallest absolute Gasteiger partial charge is 0.484 e. The number of carbonyl (C=O) groups excluding carboxylic acids is 2. The molecule has 0 saturated carbocycles. The molecule has 0 spiro atoms. The molecule has 2 rings (SSSR count). The van der Waals surface area contributed by atoms with E-state index in [-0.39, 0.29) is 30.2 Å². The molecule has 0 fully saturated rings. The summed E-state index contributed by atoms with van der Waals surface area (Å²) in [6, 6.07) is 12.0. The number of Topliss-reactive ketones (excluding diaryl/α,β-unsaturated/α-hetero) is 1. The summed E-state index contributed by atoms with van der Waals surface area (Å²) in [5.41, 5.74) is 0.776. The number of para-hydroxylation sites is 1. The van der Waals surface area contributed by atoms with Gasteiger partial charge in [0.1, 0.15) is 11.5 Å². The Labute approximate surface area is 160 Å². The van der Waals surface area contributed by atoms with Gasteiger partial charge in [0.2, 0.25) is 0 Å². The van der Waals surface area contributed by atoms with Gasteiger partial charge >= 0.3 is 6.36 Å². The van der Waals surface area contributed by atoms with Crippen molar-refractivity contribution in [3.05, 3.63) is 59.7 Å². The van der Waals surface area contributed by atoms with Gasteiger partial charge in [0, 0.05) is 31.1 Å². The standard InChI is InChI=1S/C20H20F3NO4/c1-3-17(25)14-8-10-16(11-9-14)27-13-19(26)24(2)12-15-6-4-5-7-18(15)28-20(21,22)23/h4-11H,3,12-13H2,1-2H3. The Hall–Kier alpha value is -3.03. The summed E-state index contributed by atoms with van der Waals surface area (Å²) >= 11 is 0. The molecule has 2 aromatic rings. The fraction of sp³-hybridized carbons (Fsp3) is 0.300. The molecule has 2 aromatic carbocycles. The third kappa shape index (κ3) is 6.29. The number of likely N-dealkylation sites (N-methyl/N-ethyl adjacent to an activating group) is 1. The summed E-state index contributed by atoms with van der Waals surface area (Å²) in [5.74, 6) is -0.361. The van der Waals surface area contributed by atoms with Gasteiger partial charge in [0.15, 0.2) is 12.4 Å². The molecular formula is C20H20F3NO4. The van der Waals surface area contributed by atoms with Crippen LogP contribution in [0.1, 0.15) is 29.3 Å². The van der Waals surface area contributed by atoms with E-state index in [1.54, 1.807) is 37.3 Å². The van der Waals surface area contributed by atoms with Crippen LogP contribution in [0.5, 0.6) is 11.5 Å². The highest BCUT2D eigenvalue weighted by molar-refractivity contribution is 5.95. The van der Waals surface area contributed by atoms with Crippen LogP contribution in [-0.4, -0.2) is 36.6 Å². The van der Waals surface area contributed by atoms with Gasteiger partial charge in [0.05, 0.1) is 0 Å². The second-order valence-corrected chi connectivity index (χ2v) is 6.00. The van der Waals surface area contributed by atoms with Gasteiger partial charge in [-0.15, -0.1) is 13.2 Å². The lowest BCUT2D eigenvalue weighted by Gasteiger charge is -2.20. The van der Waals surface area contributed by atoms with Crippen molar-refractivity contribution < 1.29 is 32.2 Å². The summed E-state index contributed by atoms with van der Waals surface area (Å²) < 4.78 is 46.8. The normalized spacial score (nSPS) is 11.0. The lowest BCUT2D eigenvalue weighted by atomic mass is 10.1. The SMILES string of the molecule is CCC(=O)c1ccc(OCC(=O)N(C)Cc2ccccc2OC(F)(F)F)cc1. The molecule has 0 radical (unpaired) electrons. The van der Waals surface area contributed by atoms with E-state index in [2.05, 4.69) is 4.74 Å². The van der Waals surface area contributed by atoms with Crippen molar-refractivity contribution in [1.29, 1.82) is 0 Å². The number of rotatable bonds is 8. The van der Waals surface area contributed by atoms with Crippen molar-refractivity contribution in [2.24, 2.45) is 0 Å². The minimum atomic E-state index is -4.81. The lowest BCUT2D eigenvalue weighted by molar-refractivity contribution is -0.275. The number of benzene rings is 2. The Balaban J connectivity index is 1.94. The van der Waals surface area contributed by atoms with Crippen LogP contribution in [0.25, 0.3) is 0 Å². The highest BCUT2D eigenvalue weighted by Gasteiger charge is 2.32. The van der Waals surface area contributed by atoms with E-state index < -0.39 is 12.3 Å². The molecule has 0 aliphatic rings. The fourth-order valence-electron chi connectivity index (χ4n) is 2.40. The monoisotopic (exact) mass is 395 g/mol. The van der Waals surface area contributed by atoms with Gasteiger partial charge < -0.3 is 14.4 Å². The van der Waals surface area contributed by atoms with E-state index >= 15 is 0 Å². The molecule has 5 nitrogen and oxygen atoms in total. The predicted octanol–water partition coefficient (Wildman–Crippen LogP) is 4.22. The van der Waals surface area contributed by atoms with Gasteiger partial charge in [0.25, 0.3) is 5.91 Å². The van der Waals surface area contributed by atoms with Crippen molar-refractivity contribution >= 4 is 11.7 Å². The van der Waals surface area contributed by atoms with Gasteiger partial charge in [-0.25, -0.2) is 0 Å². The molecule has 0 aliphatic carbocycles. The van der Waals surface area contributed by atoms with Crippen LogP contribution in [-0.2, 0) is 11.3 Å². The number of hydrogen-bond acceptors (Lipinski definition) is 4. The van der Waals surface area contributed by atoms with Gasteiger partial charge in [-0.2, -0.15) is 0 Å². The molecule has 150 valence electrons. The third-order valence-electron chi connectivity index (χ3n) is 3.89. The zero-order chi connectivity index (χ0) is 20.7. The first kappa shape index (κ1) is 21.3. The molecule has 0 aromatic heterocycles. The maximum absolute atomic E-state index is 12.5. The van der Waals surface area contributed by atoms with E-state index in [9.17, 15) is 22.8 Å². The Bertz CT molecular complexity index is 819. The van der Waals surface area contributed by atoms with Crippen molar-refractivity contribution in [2.45, 2.75) is 26.3 Å². The van der Waals surface area contributed by atoms with Crippen molar-refractivity contribution in [1.82, 2.24) is 4.90 Å². The molecule has 0 atom stereocenters. The predicted molar refractivity (Wildman–Crippen MR) is 96.2 cm³/mol. The molecule has 0 unspecified atom stereocenters. The topological polar surface area (TPSA) is 55.8 Å². The fourth-order valence-corrected chi connectivity index (χ4v) is 2.40. The van der Waals surface area contributed by atoms with Gasteiger partial charge in [-0.3, -0.25) is 9.59 Å². The molecular weight excluding hydrogens is 375 g/mol. The molecule has 28 heavy (non-hydrogen) atoms. The quantitative estimate of drug-likeness (QED) is 0.628. The zero-order valence-corrected chi connectivity index (χ0v) is 15.5. The Morgan fingerprint density at radius 1 is 1.04 bits per heavy atom. The third-order valence-corrected chi connectivity index (χ3v) is 3.89. The number of hydrogen-bond donors (Lipinski definition) is 0. The summed E-state index contributed by atoms with van der Waals surface area (Å²) in [7, 11) is 1.46. The molecule has 0 bridgehead atoms. The zero-order valence-electron chi connectivity index (χ0n) is 15.5. The second kappa shape index (κ2) is 9.25. The van der Waals surface area contributed by atoms with Crippen molar-refractivity contribution in [3.8, 4) is 11.5 Å². The highest BCUT2D eigenvalue weighted by atomic mass is 19.4. The lowest BCUT2D eigenvalue weighted by Crippen LogP contribution is -2.31. The summed E-state index contributed by atoms with van der Waals surface area (Å²) in [6.45, 7) is 1.40. The number of ketones is 1. The first-order chi connectivity index (χ1) is 13.2. The minimum Gasteiger partial charge on any atom is -0.484 e. The average Bonchev–Trinajstić information content (AvgIpc) is 2.66. The van der Waals surface area contributed by atoms with E-state index in [1.165, 1.54) is 30.1 Å². The molecule has 0 heterocycles. The number of alkyl halides is 3. The maximum atomic E-state index is 12.5. The van der Waals surface area contributed by atoms with Crippen molar-refractivity contribution in [2.75, 3.05) is 13.7 Å². The highest BCUT2D eigenvalue weighted by Crippen LogP contribution is 2.27. The van der Waals surface area contributed by atoms with Gasteiger partial charge in [-0.1, -0.05) is 25.1 Å². The van der Waals surface area contributed by atoms with E-state index in [0.717, 1.165) is 0 Å². The summed E-state index contributed by atoms with van der Waals surface area (Å²) in [6.07, 6.45) is -4.42. The Morgan fingerprint density at radius 3 is 2.29 bits per heavy atom. The van der Waals surface area contributed by atoms with E-state index in [0.29, 0.717) is 17.7 Å². The van der Waals surface area contributed by atoms with Crippen molar-refractivity contribution in [3.63, 3.8) is 0 Å². The Morgan fingerprint density at radius 2 is 1.68 bits per heavy atom. The van der Waals surface area contributed by atoms with Crippen LogP contribution in [0.15, 0.2) is 48.5 Å². The number of nitrogens with zero attached hydrogens (tertiary/aromatic N) is 1.